The van der Waals surface area contributed by atoms with Crippen LogP contribution in [0.5, 0.6) is 5.75 Å². The standard InChI is InChI=1S/C60H64N3O.Pt/c1-36(2)42-23-26-54(51(32-42)41-21-24-47(25-22-41)59(8,9)10)63-55-16-14-15-49(56(55)62-58(63)52-34-44(37(3)4)33-50(38(5)6)57(52)64)45-29-46(31-48(30-45)60(11,12)13)53-35-43(27-28-61-53)40-19-17-39(7)18-20-40;/h14-28,30-38,64H,1-13H3;/q-1;/i7D3,17D,18D,19D,20D,27D,28D,35D,36D;. The Labute approximate surface area is 418 Å². The fourth-order valence-corrected chi connectivity index (χ4v) is 8.07. The molecular weight excluding hydrogens is 974 g/mol. The quantitative estimate of drug-likeness (QED) is 0.147. The van der Waals surface area contributed by atoms with Gasteiger partial charge in [0.2, 0.25) is 0 Å². The van der Waals surface area contributed by atoms with Crippen molar-refractivity contribution in [3.8, 4) is 67.5 Å². The van der Waals surface area contributed by atoms with Gasteiger partial charge in [-0.1, -0.05) is 179 Å². The Hall–Kier alpha value is -5.57. The second kappa shape index (κ2) is 18.4. The largest absolute Gasteiger partial charge is 0.507 e. The van der Waals surface area contributed by atoms with Crippen LogP contribution in [0.3, 0.4) is 0 Å². The Balaban J connectivity index is 0.00000840. The van der Waals surface area contributed by atoms with Crippen molar-refractivity contribution in [3.63, 3.8) is 0 Å². The van der Waals surface area contributed by atoms with Crippen molar-refractivity contribution in [2.45, 2.75) is 118 Å². The molecule has 0 spiro atoms. The SMILES string of the molecule is [2H]c1nc(-c2[c-]c(-c3cccc4c3nc(-c3cc(C(C)C)cc(C(C)C)c3O)n4-c3ccc(C([2H])(C)C)cc3-c3ccc(C(C)(C)C)cc3)cc(C(C)(C)C)c2)c([2H])c(-c2c([2H])c([2H])c(C([2H])([2H])[2H])c([2H])c2[2H])c1[2H].[Pt]. The fourth-order valence-electron chi connectivity index (χ4n) is 8.07. The Kier molecular flexibility index (Phi) is 9.81. The van der Waals surface area contributed by atoms with Gasteiger partial charge in [0.1, 0.15) is 11.6 Å². The molecule has 0 aliphatic heterocycles. The van der Waals surface area contributed by atoms with Crippen LogP contribution in [0.25, 0.3) is 72.7 Å². The molecule has 0 unspecified atom stereocenters. The van der Waals surface area contributed by atoms with Gasteiger partial charge in [0.05, 0.1) is 31.9 Å². The molecule has 5 heteroatoms. The summed E-state index contributed by atoms with van der Waals surface area (Å²) in [7, 11) is 0. The first-order valence-electron chi connectivity index (χ1n) is 27.5. The predicted octanol–water partition coefficient (Wildman–Crippen LogP) is 16.5. The van der Waals surface area contributed by atoms with Crippen molar-refractivity contribution in [3.05, 3.63) is 167 Å². The number of aromatic hydroxyl groups is 1. The molecule has 2 aromatic heterocycles. The molecule has 0 amide bonds. The Bertz CT molecular complexity index is 3550. The number of nitrogens with zero attached hydrogens (tertiary/aromatic N) is 3. The average molecular weight is 1050 g/mol. The molecule has 0 radical (unpaired) electrons. The van der Waals surface area contributed by atoms with E-state index in [2.05, 4.69) is 100 Å². The summed E-state index contributed by atoms with van der Waals surface area (Å²) in [5.74, 6) is -0.261. The molecule has 4 nitrogen and oxygen atoms in total. The van der Waals surface area contributed by atoms with Gasteiger partial charge in [0.15, 0.2) is 0 Å². The van der Waals surface area contributed by atoms with E-state index in [4.69, 9.17) is 18.7 Å². The van der Waals surface area contributed by atoms with Crippen LogP contribution in [0, 0.1) is 12.9 Å². The summed E-state index contributed by atoms with van der Waals surface area (Å²) in [6.45, 7) is 21.7. The number of phenols is 1. The van der Waals surface area contributed by atoms with E-state index in [1.165, 1.54) is 5.56 Å². The first-order valence-corrected chi connectivity index (χ1v) is 22.0. The molecule has 336 valence electrons. The number of phenolic OH excluding ortho intramolecular Hbond substituents is 1. The number of para-hydroxylation sites is 1. The molecule has 6 aromatic carbocycles. The Morgan fingerprint density at radius 3 is 1.98 bits per heavy atom. The molecular formula is C60H64N3OPt-. The number of aromatic nitrogens is 3. The smallest absolute Gasteiger partial charge is 0.148 e. The Morgan fingerprint density at radius 2 is 1.35 bits per heavy atom. The maximum absolute atomic E-state index is 12.4. The van der Waals surface area contributed by atoms with Crippen molar-refractivity contribution in [1.82, 2.24) is 14.5 Å². The van der Waals surface area contributed by atoms with Gasteiger partial charge in [0.25, 0.3) is 0 Å². The number of pyridine rings is 1. The molecule has 0 fully saturated rings. The second-order valence-corrected chi connectivity index (χ2v) is 19.7. The van der Waals surface area contributed by atoms with Crippen LogP contribution < -0.4 is 0 Å². The van der Waals surface area contributed by atoms with Crippen LogP contribution in [0.2, 0.25) is 0 Å². The van der Waals surface area contributed by atoms with Crippen molar-refractivity contribution in [2.24, 2.45) is 0 Å². The van der Waals surface area contributed by atoms with Crippen LogP contribution in [-0.4, -0.2) is 19.6 Å². The van der Waals surface area contributed by atoms with Gasteiger partial charge in [-0.15, -0.1) is 29.3 Å². The summed E-state index contributed by atoms with van der Waals surface area (Å²) in [6.07, 6.45) is -0.595. The van der Waals surface area contributed by atoms with Crippen LogP contribution in [-0.2, 0) is 31.9 Å². The minimum absolute atomic E-state index is 0. The van der Waals surface area contributed by atoms with Gasteiger partial charge >= 0.3 is 0 Å². The van der Waals surface area contributed by atoms with Gasteiger partial charge < -0.3 is 5.11 Å². The number of hydrogen-bond donors (Lipinski definition) is 1. The van der Waals surface area contributed by atoms with Crippen LogP contribution in [0.4, 0.5) is 0 Å². The molecule has 65 heavy (non-hydrogen) atoms. The molecule has 2 heterocycles. The normalized spacial score (nSPS) is 14.9. The minimum Gasteiger partial charge on any atom is -0.507 e. The summed E-state index contributed by atoms with van der Waals surface area (Å²) in [4.78, 5) is 9.96. The summed E-state index contributed by atoms with van der Waals surface area (Å²) in [5, 5.41) is 12.4. The number of hydrogen-bond acceptors (Lipinski definition) is 3. The van der Waals surface area contributed by atoms with E-state index in [1.54, 1.807) is 6.07 Å². The summed E-state index contributed by atoms with van der Waals surface area (Å²) in [5.41, 5.74) is 7.98. The molecule has 0 saturated heterocycles. The van der Waals surface area contributed by atoms with Crippen LogP contribution in [0.1, 0.15) is 149 Å². The Morgan fingerprint density at radius 1 is 0.677 bits per heavy atom. The van der Waals surface area contributed by atoms with Gasteiger partial charge in [0, 0.05) is 44.0 Å². The summed E-state index contributed by atoms with van der Waals surface area (Å²) in [6, 6.07) is 27.5. The molecule has 0 bridgehead atoms. The molecule has 1 N–H and O–H groups in total. The second-order valence-electron chi connectivity index (χ2n) is 19.7. The zero-order chi connectivity index (χ0) is 55.3. The topological polar surface area (TPSA) is 50.9 Å². The first kappa shape index (κ1) is 34.7. The van der Waals surface area contributed by atoms with E-state index in [0.29, 0.717) is 33.5 Å². The van der Waals surface area contributed by atoms with Crippen molar-refractivity contribution in [2.75, 3.05) is 0 Å². The van der Waals surface area contributed by atoms with E-state index in [0.717, 1.165) is 39.1 Å². The van der Waals surface area contributed by atoms with E-state index >= 15 is 0 Å². The van der Waals surface area contributed by atoms with Crippen molar-refractivity contribution >= 4 is 11.0 Å². The van der Waals surface area contributed by atoms with Gasteiger partial charge in [-0.3, -0.25) is 9.55 Å². The minimum atomic E-state index is -2.98. The predicted molar refractivity (Wildman–Crippen MR) is 271 cm³/mol. The van der Waals surface area contributed by atoms with E-state index in [9.17, 15) is 6.48 Å². The number of rotatable bonds is 9. The number of fused-ring (bicyclic) bond motifs is 1. The maximum atomic E-state index is 12.4. The van der Waals surface area contributed by atoms with E-state index in [-0.39, 0.29) is 55.3 Å². The van der Waals surface area contributed by atoms with Crippen molar-refractivity contribution < 1.29 is 41.3 Å². The summed E-state index contributed by atoms with van der Waals surface area (Å²) < 4.78 is 97.5. The zero-order valence-corrected chi connectivity index (χ0v) is 41.6. The molecule has 8 aromatic rings. The number of imidazole rings is 1. The molecule has 0 aliphatic carbocycles. The third kappa shape index (κ3) is 9.57. The van der Waals surface area contributed by atoms with Gasteiger partial charge in [-0.25, -0.2) is 4.98 Å². The number of benzene rings is 6. The van der Waals surface area contributed by atoms with Gasteiger partial charge in [-0.05, 0) is 105 Å². The maximum Gasteiger partial charge on any atom is 0.148 e. The van der Waals surface area contributed by atoms with E-state index in [1.807, 2.05) is 77.1 Å². The zero-order valence-electron chi connectivity index (χ0n) is 50.3. The monoisotopic (exact) mass is 1050 g/mol. The molecule has 8 rings (SSSR count). The third-order valence-corrected chi connectivity index (χ3v) is 12.0. The van der Waals surface area contributed by atoms with Gasteiger partial charge in [-0.2, -0.15) is 0 Å². The molecule has 0 saturated carbocycles. The summed E-state index contributed by atoms with van der Waals surface area (Å²) >= 11 is 0. The van der Waals surface area contributed by atoms with Crippen molar-refractivity contribution in [1.29, 1.82) is 0 Å². The molecule has 0 atom stereocenters. The van der Waals surface area contributed by atoms with E-state index < -0.39 is 77.3 Å². The first-order chi connectivity index (χ1) is 34.7. The van der Waals surface area contributed by atoms with Crippen LogP contribution in [0.15, 0.2) is 127 Å². The molecule has 0 aliphatic rings. The third-order valence-electron chi connectivity index (χ3n) is 12.0. The van der Waals surface area contributed by atoms with Crippen LogP contribution >= 0.6 is 0 Å². The average Bonchev–Trinajstić information content (AvgIpc) is 3.71. The fraction of sp³-hybridized carbons (Fsp3) is 0.300.